The lowest BCUT2D eigenvalue weighted by molar-refractivity contribution is -0.121. The third kappa shape index (κ3) is 3.37. The number of phenolic OH excluding ortho intramolecular Hbond substituents is 1. The van der Waals surface area contributed by atoms with Crippen LogP contribution >= 0.6 is 0 Å². The molecule has 1 fully saturated rings. The van der Waals surface area contributed by atoms with Crippen molar-refractivity contribution in [3.63, 3.8) is 0 Å². The van der Waals surface area contributed by atoms with Gasteiger partial charge in [0.2, 0.25) is 0 Å². The number of benzene rings is 2. The summed E-state index contributed by atoms with van der Waals surface area (Å²) in [6.07, 6.45) is 1.83. The van der Waals surface area contributed by atoms with Gasteiger partial charge >= 0.3 is 5.97 Å². The highest BCUT2D eigenvalue weighted by atomic mass is 16.7. The van der Waals surface area contributed by atoms with Gasteiger partial charge in [0.1, 0.15) is 5.75 Å². The van der Waals surface area contributed by atoms with Crippen LogP contribution in [0.1, 0.15) is 41.6 Å². The van der Waals surface area contributed by atoms with Gasteiger partial charge in [-0.2, -0.15) is 0 Å². The fourth-order valence-corrected chi connectivity index (χ4v) is 3.27. The van der Waals surface area contributed by atoms with Gasteiger partial charge < -0.3 is 9.94 Å². The van der Waals surface area contributed by atoms with E-state index in [1.165, 1.54) is 5.56 Å². The summed E-state index contributed by atoms with van der Waals surface area (Å²) in [6, 6.07) is 16.5. The van der Waals surface area contributed by atoms with Crippen LogP contribution in [0.4, 0.5) is 0 Å². The SMILES string of the molecule is CCC1C(c2ccc(O)cc2)CCN1OC(=O)c1ccccc1. The predicted molar refractivity (Wildman–Crippen MR) is 88.1 cm³/mol. The predicted octanol–water partition coefficient (Wildman–Crippen LogP) is 3.73. The molecule has 4 heteroatoms. The molecule has 0 bridgehead atoms. The minimum Gasteiger partial charge on any atom is -0.508 e. The van der Waals surface area contributed by atoms with Gasteiger partial charge in [0, 0.05) is 12.5 Å². The molecule has 0 saturated carbocycles. The maximum atomic E-state index is 12.3. The first kappa shape index (κ1) is 15.6. The largest absolute Gasteiger partial charge is 0.508 e. The van der Waals surface area contributed by atoms with E-state index in [1.54, 1.807) is 24.3 Å². The molecule has 0 amide bonds. The number of aromatic hydroxyl groups is 1. The van der Waals surface area contributed by atoms with Gasteiger partial charge in [-0.15, -0.1) is 5.06 Å². The second-order valence-electron chi connectivity index (χ2n) is 5.85. The first-order valence-electron chi connectivity index (χ1n) is 8.02. The van der Waals surface area contributed by atoms with Gasteiger partial charge in [-0.05, 0) is 42.7 Å². The Balaban J connectivity index is 1.72. The summed E-state index contributed by atoms with van der Waals surface area (Å²) in [4.78, 5) is 17.9. The highest BCUT2D eigenvalue weighted by Crippen LogP contribution is 2.36. The normalized spacial score (nSPS) is 21.3. The maximum Gasteiger partial charge on any atom is 0.357 e. The lowest BCUT2D eigenvalue weighted by Gasteiger charge is -2.26. The third-order valence-electron chi connectivity index (χ3n) is 4.44. The monoisotopic (exact) mass is 311 g/mol. The zero-order chi connectivity index (χ0) is 16.2. The minimum atomic E-state index is -0.310. The highest BCUT2D eigenvalue weighted by Gasteiger charge is 2.36. The molecule has 4 nitrogen and oxygen atoms in total. The van der Waals surface area contributed by atoms with E-state index >= 15 is 0 Å². The second-order valence-corrected chi connectivity index (χ2v) is 5.85. The zero-order valence-electron chi connectivity index (χ0n) is 13.2. The summed E-state index contributed by atoms with van der Waals surface area (Å²) < 4.78 is 0. The van der Waals surface area contributed by atoms with Crippen LogP contribution in [0.15, 0.2) is 54.6 Å². The molecule has 1 aliphatic heterocycles. The molecule has 0 aromatic heterocycles. The minimum absolute atomic E-state index is 0.159. The van der Waals surface area contributed by atoms with Gasteiger partial charge in [0.25, 0.3) is 0 Å². The van der Waals surface area contributed by atoms with E-state index in [0.717, 1.165) is 19.4 Å². The fourth-order valence-electron chi connectivity index (χ4n) is 3.27. The number of carbonyl (C=O) groups excluding carboxylic acids is 1. The number of rotatable bonds is 4. The Kier molecular flexibility index (Phi) is 4.63. The Bertz CT molecular complexity index is 654. The molecule has 3 rings (SSSR count). The Morgan fingerprint density at radius 2 is 1.87 bits per heavy atom. The molecule has 2 unspecified atom stereocenters. The van der Waals surface area contributed by atoms with Crippen LogP contribution in [0.2, 0.25) is 0 Å². The summed E-state index contributed by atoms with van der Waals surface area (Å²) in [7, 11) is 0. The quantitative estimate of drug-likeness (QED) is 0.934. The molecular weight excluding hydrogens is 290 g/mol. The van der Waals surface area contributed by atoms with Crippen molar-refractivity contribution in [3.05, 3.63) is 65.7 Å². The standard InChI is InChI=1S/C19H21NO3/c1-2-18-17(14-8-10-16(21)11-9-14)12-13-20(18)23-19(22)15-6-4-3-5-7-15/h3-11,17-18,21H,2,12-13H2,1H3. The number of phenols is 1. The Morgan fingerprint density at radius 1 is 1.17 bits per heavy atom. The molecule has 0 aliphatic carbocycles. The number of carbonyl (C=O) groups is 1. The summed E-state index contributed by atoms with van der Waals surface area (Å²) in [5.41, 5.74) is 1.74. The van der Waals surface area contributed by atoms with E-state index < -0.39 is 0 Å². The lowest BCUT2D eigenvalue weighted by Crippen LogP contribution is -2.34. The Morgan fingerprint density at radius 3 is 2.52 bits per heavy atom. The Hall–Kier alpha value is -2.33. The van der Waals surface area contributed by atoms with Crippen molar-refractivity contribution in [2.75, 3.05) is 6.54 Å². The van der Waals surface area contributed by atoms with Crippen molar-refractivity contribution >= 4 is 5.97 Å². The molecular formula is C19H21NO3. The van der Waals surface area contributed by atoms with Crippen LogP contribution in [-0.4, -0.2) is 28.7 Å². The van der Waals surface area contributed by atoms with Gasteiger partial charge in [0.15, 0.2) is 0 Å². The van der Waals surface area contributed by atoms with Crippen molar-refractivity contribution < 1.29 is 14.7 Å². The topological polar surface area (TPSA) is 49.8 Å². The summed E-state index contributed by atoms with van der Waals surface area (Å²) in [5.74, 6) is 0.270. The number of hydrogen-bond donors (Lipinski definition) is 1. The first-order chi connectivity index (χ1) is 11.2. The van der Waals surface area contributed by atoms with Crippen molar-refractivity contribution in [2.45, 2.75) is 31.7 Å². The van der Waals surface area contributed by atoms with Crippen LogP contribution in [0.5, 0.6) is 5.75 Å². The number of hydroxylamine groups is 2. The zero-order valence-corrected chi connectivity index (χ0v) is 13.2. The van der Waals surface area contributed by atoms with E-state index in [-0.39, 0.29) is 17.8 Å². The van der Waals surface area contributed by atoms with E-state index in [1.807, 2.05) is 35.4 Å². The number of nitrogens with zero attached hydrogens (tertiary/aromatic N) is 1. The molecule has 1 heterocycles. The Labute approximate surface area is 136 Å². The average Bonchev–Trinajstić information content (AvgIpc) is 2.99. The van der Waals surface area contributed by atoms with Gasteiger partial charge in [-0.1, -0.05) is 37.3 Å². The smallest absolute Gasteiger partial charge is 0.357 e. The molecule has 0 spiro atoms. The van der Waals surface area contributed by atoms with E-state index in [2.05, 4.69) is 6.92 Å². The van der Waals surface area contributed by atoms with Crippen molar-refractivity contribution in [2.24, 2.45) is 0 Å². The van der Waals surface area contributed by atoms with Gasteiger partial charge in [0.05, 0.1) is 11.6 Å². The maximum absolute atomic E-state index is 12.3. The molecule has 2 aromatic rings. The summed E-state index contributed by atoms with van der Waals surface area (Å²) in [6.45, 7) is 2.83. The van der Waals surface area contributed by atoms with Crippen molar-refractivity contribution in [1.29, 1.82) is 0 Å². The first-order valence-corrected chi connectivity index (χ1v) is 8.02. The van der Waals surface area contributed by atoms with Crippen LogP contribution in [-0.2, 0) is 4.84 Å². The van der Waals surface area contributed by atoms with Crippen molar-refractivity contribution in [3.8, 4) is 5.75 Å². The van der Waals surface area contributed by atoms with Crippen LogP contribution in [0.25, 0.3) is 0 Å². The molecule has 1 aliphatic rings. The van der Waals surface area contributed by atoms with Crippen LogP contribution in [0.3, 0.4) is 0 Å². The van der Waals surface area contributed by atoms with E-state index in [4.69, 9.17) is 4.84 Å². The highest BCUT2D eigenvalue weighted by molar-refractivity contribution is 5.89. The molecule has 2 aromatic carbocycles. The average molecular weight is 311 g/mol. The van der Waals surface area contributed by atoms with Gasteiger partial charge in [-0.25, -0.2) is 4.79 Å². The molecule has 1 N–H and O–H groups in total. The van der Waals surface area contributed by atoms with Crippen LogP contribution in [0, 0.1) is 0 Å². The third-order valence-corrected chi connectivity index (χ3v) is 4.44. The molecule has 1 saturated heterocycles. The molecule has 120 valence electrons. The summed E-state index contributed by atoms with van der Waals surface area (Å²) >= 11 is 0. The van der Waals surface area contributed by atoms with Crippen molar-refractivity contribution in [1.82, 2.24) is 5.06 Å². The van der Waals surface area contributed by atoms with Crippen LogP contribution < -0.4 is 0 Å². The van der Waals surface area contributed by atoms with E-state index in [9.17, 15) is 9.90 Å². The number of hydrogen-bond acceptors (Lipinski definition) is 4. The van der Waals surface area contributed by atoms with E-state index in [0.29, 0.717) is 11.5 Å². The second kappa shape index (κ2) is 6.84. The summed E-state index contributed by atoms with van der Waals surface area (Å²) in [5, 5.41) is 11.3. The molecule has 23 heavy (non-hydrogen) atoms. The molecule has 2 atom stereocenters. The molecule has 0 radical (unpaired) electrons. The lowest BCUT2D eigenvalue weighted by atomic mass is 9.90. The van der Waals surface area contributed by atoms with Gasteiger partial charge in [-0.3, -0.25) is 0 Å². The fraction of sp³-hybridized carbons (Fsp3) is 0.316.